The minimum Gasteiger partial charge on any atom is -0.301 e. The van der Waals surface area contributed by atoms with Crippen LogP contribution in [0.4, 0.5) is 0 Å². The summed E-state index contributed by atoms with van der Waals surface area (Å²) in [4.78, 5) is 4.98. The normalized spacial score (nSPS) is 21.3. The molecule has 0 spiro atoms. The van der Waals surface area contributed by atoms with Gasteiger partial charge in [-0.3, -0.25) is 4.90 Å². The lowest BCUT2D eigenvalue weighted by atomic mass is 10.0. The van der Waals surface area contributed by atoms with Crippen molar-refractivity contribution < 1.29 is 0 Å². The minimum atomic E-state index is 0.0123. The first-order valence-corrected chi connectivity index (χ1v) is 10.1. The third kappa shape index (κ3) is 3.50. The Morgan fingerprint density at radius 2 is 1.85 bits per heavy atom. The molecule has 2 heterocycles. The van der Waals surface area contributed by atoms with Gasteiger partial charge < -0.3 is 4.90 Å². The maximum atomic E-state index is 6.61. The largest absolute Gasteiger partial charge is 0.301 e. The third-order valence-corrected chi connectivity index (χ3v) is 6.20. The van der Waals surface area contributed by atoms with Gasteiger partial charge in [-0.2, -0.15) is 0 Å². The van der Waals surface area contributed by atoms with Crippen molar-refractivity contribution in [2.75, 3.05) is 32.7 Å². The molecule has 1 saturated heterocycles. The van der Waals surface area contributed by atoms with E-state index in [0.29, 0.717) is 6.04 Å². The molecule has 1 aromatic carbocycles. The molecule has 2 aromatic rings. The number of likely N-dealkylation sites (N-methyl/N-ethyl adjacent to an activating group) is 1. The van der Waals surface area contributed by atoms with E-state index in [-0.39, 0.29) is 6.04 Å². The Kier molecular flexibility index (Phi) is 5.52. The topological polar surface area (TPSA) is 50.1 Å². The molecule has 6 nitrogen and oxygen atoms in total. The van der Waals surface area contributed by atoms with Crippen molar-refractivity contribution in [3.63, 3.8) is 0 Å². The number of halogens is 1. The van der Waals surface area contributed by atoms with Gasteiger partial charge in [0.25, 0.3) is 0 Å². The monoisotopic (exact) mass is 374 g/mol. The van der Waals surface area contributed by atoms with Gasteiger partial charge in [-0.15, -0.1) is 5.10 Å². The second-order valence-corrected chi connectivity index (χ2v) is 7.72. The Morgan fingerprint density at radius 1 is 1.12 bits per heavy atom. The molecular formula is C19H27ClN6. The van der Waals surface area contributed by atoms with Crippen molar-refractivity contribution in [2.24, 2.45) is 0 Å². The molecule has 1 saturated carbocycles. The van der Waals surface area contributed by atoms with E-state index in [4.69, 9.17) is 11.6 Å². The van der Waals surface area contributed by atoms with Crippen molar-refractivity contribution >= 4 is 11.6 Å². The summed E-state index contributed by atoms with van der Waals surface area (Å²) in [5.74, 6) is 0.940. The van der Waals surface area contributed by atoms with E-state index in [1.807, 2.05) is 12.1 Å². The van der Waals surface area contributed by atoms with Gasteiger partial charge in [-0.05, 0) is 41.4 Å². The van der Waals surface area contributed by atoms with Gasteiger partial charge in [0.05, 0.1) is 12.1 Å². The van der Waals surface area contributed by atoms with Crippen LogP contribution in [-0.4, -0.2) is 62.7 Å². The maximum Gasteiger partial charge on any atom is 0.173 e. The smallest absolute Gasteiger partial charge is 0.173 e. The zero-order chi connectivity index (χ0) is 17.9. The summed E-state index contributed by atoms with van der Waals surface area (Å²) in [5.41, 5.74) is 1.10. The molecule has 0 amide bonds. The summed E-state index contributed by atoms with van der Waals surface area (Å²) in [6, 6.07) is 8.56. The first-order chi connectivity index (χ1) is 12.8. The number of hydrogen-bond donors (Lipinski definition) is 0. The highest BCUT2D eigenvalue weighted by Crippen LogP contribution is 2.36. The van der Waals surface area contributed by atoms with Crippen LogP contribution in [0.1, 0.15) is 56.1 Å². The van der Waals surface area contributed by atoms with Crippen molar-refractivity contribution in [3.8, 4) is 0 Å². The van der Waals surface area contributed by atoms with Crippen LogP contribution in [-0.2, 0) is 0 Å². The summed E-state index contributed by atoms with van der Waals surface area (Å²) in [6.07, 6.45) is 4.85. The van der Waals surface area contributed by atoms with Gasteiger partial charge in [-0.25, -0.2) is 4.68 Å². The molecule has 0 radical (unpaired) electrons. The number of tetrazole rings is 1. The fourth-order valence-corrected chi connectivity index (χ4v) is 4.56. The van der Waals surface area contributed by atoms with Gasteiger partial charge >= 0.3 is 0 Å². The standard InChI is InChI=1S/C19H27ClN6/c1-2-24-11-13-25(14-12-24)18(16-9-5-6-10-17(16)20)19-21-22-23-26(19)15-7-3-4-8-15/h5-6,9-10,15,18H,2-4,7-8,11-14H2,1H3/t18-/m0/s1. The van der Waals surface area contributed by atoms with Crippen LogP contribution in [0.5, 0.6) is 0 Å². The molecule has 1 aliphatic carbocycles. The van der Waals surface area contributed by atoms with Crippen LogP contribution < -0.4 is 0 Å². The van der Waals surface area contributed by atoms with E-state index >= 15 is 0 Å². The van der Waals surface area contributed by atoms with E-state index in [0.717, 1.165) is 62.0 Å². The van der Waals surface area contributed by atoms with Crippen molar-refractivity contribution in [1.29, 1.82) is 0 Å². The summed E-state index contributed by atoms with van der Waals surface area (Å²) in [7, 11) is 0. The highest BCUT2D eigenvalue weighted by Gasteiger charge is 2.33. The van der Waals surface area contributed by atoms with Gasteiger partial charge in [0.2, 0.25) is 0 Å². The lowest BCUT2D eigenvalue weighted by Gasteiger charge is -2.39. The van der Waals surface area contributed by atoms with Gasteiger partial charge in [0, 0.05) is 31.2 Å². The van der Waals surface area contributed by atoms with Crippen molar-refractivity contribution in [1.82, 2.24) is 30.0 Å². The van der Waals surface area contributed by atoms with Gasteiger partial charge in [0.1, 0.15) is 0 Å². The van der Waals surface area contributed by atoms with E-state index in [1.54, 1.807) is 0 Å². The molecule has 0 N–H and O–H groups in total. The zero-order valence-electron chi connectivity index (χ0n) is 15.4. The Balaban J connectivity index is 1.70. The molecule has 26 heavy (non-hydrogen) atoms. The zero-order valence-corrected chi connectivity index (χ0v) is 16.1. The first-order valence-electron chi connectivity index (χ1n) is 9.76. The molecule has 0 unspecified atom stereocenters. The quantitative estimate of drug-likeness (QED) is 0.804. The maximum absolute atomic E-state index is 6.61. The Morgan fingerprint density at radius 3 is 2.54 bits per heavy atom. The fourth-order valence-electron chi connectivity index (χ4n) is 4.32. The highest BCUT2D eigenvalue weighted by atomic mass is 35.5. The van der Waals surface area contributed by atoms with E-state index < -0.39 is 0 Å². The van der Waals surface area contributed by atoms with Crippen LogP contribution in [0.15, 0.2) is 24.3 Å². The molecule has 1 aromatic heterocycles. The third-order valence-electron chi connectivity index (χ3n) is 5.85. The average Bonchev–Trinajstić information content (AvgIpc) is 3.35. The number of nitrogens with zero attached hydrogens (tertiary/aromatic N) is 6. The summed E-state index contributed by atoms with van der Waals surface area (Å²) >= 11 is 6.61. The molecule has 4 rings (SSSR count). The molecule has 140 valence electrons. The van der Waals surface area contributed by atoms with Crippen LogP contribution in [0, 0.1) is 0 Å². The van der Waals surface area contributed by atoms with Crippen molar-refractivity contribution in [3.05, 3.63) is 40.7 Å². The van der Waals surface area contributed by atoms with E-state index in [9.17, 15) is 0 Å². The molecule has 2 fully saturated rings. The predicted octanol–water partition coefficient (Wildman–Crippen LogP) is 3.17. The Bertz CT molecular complexity index is 718. The minimum absolute atomic E-state index is 0.0123. The average molecular weight is 375 g/mol. The van der Waals surface area contributed by atoms with Gasteiger partial charge in [-0.1, -0.05) is 49.6 Å². The lowest BCUT2D eigenvalue weighted by Crippen LogP contribution is -2.48. The SMILES string of the molecule is CCN1CCN([C@@H](c2ccccc2Cl)c2nnnn2C2CCCC2)CC1. The summed E-state index contributed by atoms with van der Waals surface area (Å²) in [5, 5.41) is 13.7. The van der Waals surface area contributed by atoms with E-state index in [2.05, 4.69) is 49.1 Å². The number of rotatable bonds is 5. The lowest BCUT2D eigenvalue weighted by molar-refractivity contribution is 0.107. The first kappa shape index (κ1) is 17.9. The van der Waals surface area contributed by atoms with Crippen LogP contribution in [0.2, 0.25) is 5.02 Å². The van der Waals surface area contributed by atoms with Crippen LogP contribution in [0.3, 0.4) is 0 Å². The predicted molar refractivity (Wildman–Crippen MR) is 102 cm³/mol. The highest BCUT2D eigenvalue weighted by molar-refractivity contribution is 6.31. The molecule has 1 aliphatic heterocycles. The summed E-state index contributed by atoms with van der Waals surface area (Å²) in [6.45, 7) is 7.47. The van der Waals surface area contributed by atoms with Gasteiger partial charge in [0.15, 0.2) is 5.82 Å². The van der Waals surface area contributed by atoms with Crippen LogP contribution >= 0.6 is 11.6 Å². The van der Waals surface area contributed by atoms with Crippen LogP contribution in [0.25, 0.3) is 0 Å². The molecule has 0 bridgehead atoms. The molecular weight excluding hydrogens is 348 g/mol. The number of hydrogen-bond acceptors (Lipinski definition) is 5. The van der Waals surface area contributed by atoms with E-state index in [1.165, 1.54) is 12.8 Å². The molecule has 7 heteroatoms. The Labute approximate surface area is 160 Å². The molecule has 2 aliphatic rings. The second kappa shape index (κ2) is 8.03. The fraction of sp³-hybridized carbons (Fsp3) is 0.632. The number of benzene rings is 1. The Hall–Kier alpha value is -1.50. The number of piperazine rings is 1. The molecule has 1 atom stereocenters. The number of aromatic nitrogens is 4. The van der Waals surface area contributed by atoms with Crippen molar-refractivity contribution in [2.45, 2.75) is 44.7 Å². The summed E-state index contributed by atoms with van der Waals surface area (Å²) < 4.78 is 2.08. The second-order valence-electron chi connectivity index (χ2n) is 7.31.